The first-order valence-electron chi connectivity index (χ1n) is 8.48. The zero-order valence-electron chi connectivity index (χ0n) is 14.7. The van der Waals surface area contributed by atoms with E-state index in [1.807, 2.05) is 0 Å². The number of carboxylic acid groups (broad SMARTS) is 1. The largest absolute Gasteiger partial charge is 0.481 e. The molecule has 1 N–H and O–H groups in total. The molecule has 0 aromatic heterocycles. The molecule has 136 valence electrons. The Balaban J connectivity index is 0.000000392. The van der Waals surface area contributed by atoms with Crippen molar-refractivity contribution in [2.24, 2.45) is 11.8 Å². The van der Waals surface area contributed by atoms with Gasteiger partial charge < -0.3 is 5.11 Å². The van der Waals surface area contributed by atoms with Gasteiger partial charge in [-0.2, -0.15) is 0 Å². The molecule has 2 saturated carbocycles. The second-order valence-corrected chi connectivity index (χ2v) is 6.03. The summed E-state index contributed by atoms with van der Waals surface area (Å²) in [5.74, 6) is -0.283. The van der Waals surface area contributed by atoms with Crippen LogP contribution in [0.4, 0.5) is 0 Å². The number of amides is 1. The zero-order valence-corrected chi connectivity index (χ0v) is 15.5. The summed E-state index contributed by atoms with van der Waals surface area (Å²) in [6.07, 6.45) is 12.4. The number of rotatable bonds is 3. The average molecular weight is 350 g/mol. The van der Waals surface area contributed by atoms with Gasteiger partial charge in [-0.3, -0.25) is 14.4 Å². The van der Waals surface area contributed by atoms with Crippen LogP contribution in [0, 0.1) is 11.8 Å². The summed E-state index contributed by atoms with van der Waals surface area (Å²) in [5, 5.41) is 9.88. The van der Waals surface area contributed by atoms with E-state index in [1.165, 1.54) is 44.2 Å². The maximum atomic E-state index is 11.5. The lowest BCUT2D eigenvalue weighted by Gasteiger charge is -2.24. The number of aliphatic carboxylic acids is 1. The lowest BCUT2D eigenvalue weighted by molar-refractivity contribution is -0.174. The Kier molecular flexibility index (Phi) is 13.1. The average Bonchev–Trinajstić information content (AvgIpc) is 2.64. The SMILES string of the molecule is CCl.CON(C)C(=O)C1CCCCC1.O=C(O)C1CCCCC1. The van der Waals surface area contributed by atoms with Gasteiger partial charge in [0.1, 0.15) is 0 Å². The summed E-state index contributed by atoms with van der Waals surface area (Å²) in [6, 6.07) is 0. The van der Waals surface area contributed by atoms with Crippen molar-refractivity contribution in [3.8, 4) is 0 Å². The van der Waals surface area contributed by atoms with Crippen molar-refractivity contribution in [3.05, 3.63) is 0 Å². The number of carbonyl (C=O) groups excluding carboxylic acids is 1. The van der Waals surface area contributed by atoms with Gasteiger partial charge in [-0.15, -0.1) is 11.6 Å². The molecule has 0 heterocycles. The van der Waals surface area contributed by atoms with Crippen LogP contribution in [0.25, 0.3) is 0 Å². The Labute approximate surface area is 145 Å². The molecular weight excluding hydrogens is 318 g/mol. The lowest BCUT2D eigenvalue weighted by Crippen LogP contribution is -2.33. The Morgan fingerprint density at radius 1 is 0.913 bits per heavy atom. The molecule has 0 bridgehead atoms. The number of carbonyl (C=O) groups is 2. The minimum atomic E-state index is -0.602. The van der Waals surface area contributed by atoms with Crippen molar-refractivity contribution in [1.82, 2.24) is 5.06 Å². The fourth-order valence-electron chi connectivity index (χ4n) is 3.05. The van der Waals surface area contributed by atoms with Crippen molar-refractivity contribution in [1.29, 1.82) is 0 Å². The molecule has 6 heteroatoms. The predicted octanol–water partition coefficient (Wildman–Crippen LogP) is 4.09. The molecular formula is C17H32ClNO4. The number of hydrogen-bond acceptors (Lipinski definition) is 3. The smallest absolute Gasteiger partial charge is 0.306 e. The van der Waals surface area contributed by atoms with E-state index in [2.05, 4.69) is 11.6 Å². The van der Waals surface area contributed by atoms with Crippen LogP contribution < -0.4 is 0 Å². The molecule has 0 aromatic rings. The molecule has 2 aliphatic rings. The highest BCUT2D eigenvalue weighted by Crippen LogP contribution is 2.25. The van der Waals surface area contributed by atoms with Crippen molar-refractivity contribution in [2.75, 3.05) is 20.5 Å². The number of alkyl halides is 1. The van der Waals surface area contributed by atoms with Crippen LogP contribution in [0.3, 0.4) is 0 Å². The number of nitrogens with zero attached hydrogens (tertiary/aromatic N) is 1. The molecule has 0 radical (unpaired) electrons. The minimum Gasteiger partial charge on any atom is -0.481 e. The number of carboxylic acids is 1. The third-order valence-electron chi connectivity index (χ3n) is 4.49. The van der Waals surface area contributed by atoms with E-state index in [4.69, 9.17) is 9.94 Å². The normalized spacial score (nSPS) is 18.8. The van der Waals surface area contributed by atoms with E-state index >= 15 is 0 Å². The molecule has 0 atom stereocenters. The standard InChI is InChI=1S/C9H17NO2.C7H12O2.CH3Cl/c1-10(12-2)9(11)8-6-4-3-5-7-8;8-7(9)6-4-2-1-3-5-6;1-2/h8H,3-7H2,1-2H3;6H,1-5H2,(H,8,9);1H3. The van der Waals surface area contributed by atoms with Crippen LogP contribution in [-0.2, 0) is 14.4 Å². The molecule has 23 heavy (non-hydrogen) atoms. The third kappa shape index (κ3) is 9.16. The van der Waals surface area contributed by atoms with Crippen LogP contribution in [0.1, 0.15) is 64.2 Å². The Morgan fingerprint density at radius 2 is 1.30 bits per heavy atom. The van der Waals surface area contributed by atoms with Gasteiger partial charge in [0.25, 0.3) is 0 Å². The van der Waals surface area contributed by atoms with Gasteiger partial charge in [0, 0.05) is 19.3 Å². The van der Waals surface area contributed by atoms with Crippen LogP contribution in [-0.4, -0.2) is 42.6 Å². The Morgan fingerprint density at radius 3 is 1.61 bits per heavy atom. The second kappa shape index (κ2) is 13.6. The molecule has 2 aliphatic carbocycles. The van der Waals surface area contributed by atoms with E-state index in [0.29, 0.717) is 0 Å². The summed E-state index contributed by atoms with van der Waals surface area (Å²) in [5.41, 5.74) is 0. The highest BCUT2D eigenvalue weighted by Gasteiger charge is 2.23. The molecule has 5 nitrogen and oxygen atoms in total. The maximum absolute atomic E-state index is 11.5. The first-order chi connectivity index (χ1) is 11.1. The van der Waals surface area contributed by atoms with E-state index in [9.17, 15) is 9.59 Å². The fraction of sp³-hybridized carbons (Fsp3) is 0.882. The molecule has 0 spiro atoms. The van der Waals surface area contributed by atoms with Crippen LogP contribution >= 0.6 is 11.6 Å². The summed E-state index contributed by atoms with van der Waals surface area (Å²) in [6.45, 7) is 0. The number of hydroxylamine groups is 2. The molecule has 0 aliphatic heterocycles. The molecule has 1 amide bonds. The summed E-state index contributed by atoms with van der Waals surface area (Å²) < 4.78 is 0. The first-order valence-corrected chi connectivity index (χ1v) is 9.24. The topological polar surface area (TPSA) is 66.8 Å². The van der Waals surface area contributed by atoms with Gasteiger partial charge in [0.05, 0.1) is 13.0 Å². The minimum absolute atomic E-state index is 0.0289. The van der Waals surface area contributed by atoms with Gasteiger partial charge in [-0.1, -0.05) is 38.5 Å². The first kappa shape index (κ1) is 22.2. The van der Waals surface area contributed by atoms with Gasteiger partial charge >= 0.3 is 5.97 Å². The second-order valence-electron chi connectivity index (χ2n) is 6.03. The van der Waals surface area contributed by atoms with Gasteiger partial charge in [0.15, 0.2) is 0 Å². The molecule has 0 unspecified atom stereocenters. The van der Waals surface area contributed by atoms with E-state index < -0.39 is 5.97 Å². The van der Waals surface area contributed by atoms with Crippen molar-refractivity contribution >= 4 is 23.5 Å². The molecule has 2 rings (SSSR count). The molecule has 2 fully saturated rings. The lowest BCUT2D eigenvalue weighted by atomic mass is 9.89. The molecule has 0 aromatic carbocycles. The van der Waals surface area contributed by atoms with Crippen molar-refractivity contribution < 1.29 is 19.5 Å². The summed E-state index contributed by atoms with van der Waals surface area (Å²) in [7, 11) is 3.21. The third-order valence-corrected chi connectivity index (χ3v) is 4.49. The van der Waals surface area contributed by atoms with Crippen LogP contribution in [0.15, 0.2) is 0 Å². The van der Waals surface area contributed by atoms with Crippen molar-refractivity contribution in [3.63, 3.8) is 0 Å². The van der Waals surface area contributed by atoms with Gasteiger partial charge in [-0.25, -0.2) is 5.06 Å². The monoisotopic (exact) mass is 349 g/mol. The summed E-state index contributed by atoms with van der Waals surface area (Å²) in [4.78, 5) is 26.7. The van der Waals surface area contributed by atoms with Crippen molar-refractivity contribution in [2.45, 2.75) is 64.2 Å². The Bertz CT molecular complexity index is 327. The van der Waals surface area contributed by atoms with Crippen LogP contribution in [0.2, 0.25) is 0 Å². The predicted molar refractivity (Wildman–Crippen MR) is 92.3 cm³/mol. The number of halogens is 1. The molecule has 0 saturated heterocycles. The van der Waals surface area contributed by atoms with E-state index in [1.54, 1.807) is 7.05 Å². The highest BCUT2D eigenvalue weighted by molar-refractivity contribution is 6.15. The highest BCUT2D eigenvalue weighted by atomic mass is 35.5. The van der Waals surface area contributed by atoms with Gasteiger partial charge in [-0.05, 0) is 25.7 Å². The summed E-state index contributed by atoms with van der Waals surface area (Å²) >= 11 is 4.64. The van der Waals surface area contributed by atoms with Gasteiger partial charge in [0.2, 0.25) is 5.91 Å². The van der Waals surface area contributed by atoms with E-state index in [0.717, 1.165) is 38.5 Å². The Hall–Kier alpha value is -0.810. The van der Waals surface area contributed by atoms with E-state index in [-0.39, 0.29) is 17.7 Å². The fourth-order valence-corrected chi connectivity index (χ4v) is 3.05. The zero-order chi connectivity index (χ0) is 17.7. The quantitative estimate of drug-likeness (QED) is 0.615. The maximum Gasteiger partial charge on any atom is 0.306 e. The number of hydrogen-bond donors (Lipinski definition) is 1. The van der Waals surface area contributed by atoms with Crippen LogP contribution in [0.5, 0.6) is 0 Å².